The van der Waals surface area contributed by atoms with Crippen LogP contribution in [0.1, 0.15) is 24.5 Å². The molecule has 2 N–H and O–H groups in total. The normalized spacial score (nSPS) is 18.6. The molecule has 0 aliphatic heterocycles. The van der Waals surface area contributed by atoms with E-state index in [2.05, 4.69) is 31.2 Å². The van der Waals surface area contributed by atoms with Crippen LogP contribution in [0.2, 0.25) is 0 Å². The van der Waals surface area contributed by atoms with Crippen LogP contribution < -0.4 is 5.73 Å². The summed E-state index contributed by atoms with van der Waals surface area (Å²) in [6.07, 6.45) is 3.63. The van der Waals surface area contributed by atoms with Crippen molar-refractivity contribution in [2.45, 2.75) is 32.2 Å². The molecule has 0 amide bonds. The van der Waals surface area contributed by atoms with Crippen LogP contribution in [0.25, 0.3) is 0 Å². The van der Waals surface area contributed by atoms with Crippen LogP contribution >= 0.6 is 0 Å². The molecule has 1 aliphatic carbocycles. The monoisotopic (exact) mass is 175 g/mol. The summed E-state index contributed by atoms with van der Waals surface area (Å²) in [5.74, 6) is 0.789. The third kappa shape index (κ3) is 1.92. The maximum Gasteiger partial charge on any atom is 0.00133 e. The summed E-state index contributed by atoms with van der Waals surface area (Å²) >= 11 is 0. The lowest BCUT2D eigenvalue weighted by Crippen LogP contribution is -2.19. The third-order valence-corrected chi connectivity index (χ3v) is 2.84. The molecule has 0 spiro atoms. The summed E-state index contributed by atoms with van der Waals surface area (Å²) in [4.78, 5) is 0. The third-order valence-electron chi connectivity index (χ3n) is 2.84. The molecule has 0 unspecified atom stereocenters. The highest BCUT2D eigenvalue weighted by Crippen LogP contribution is 2.28. The highest BCUT2D eigenvalue weighted by molar-refractivity contribution is 5.32. The zero-order valence-electron chi connectivity index (χ0n) is 8.16. The highest BCUT2D eigenvalue weighted by atomic mass is 14.6. The Balaban J connectivity index is 2.05. The number of benzene rings is 1. The van der Waals surface area contributed by atoms with Crippen LogP contribution in [-0.2, 0) is 12.8 Å². The van der Waals surface area contributed by atoms with Gasteiger partial charge in [0.05, 0.1) is 0 Å². The van der Waals surface area contributed by atoms with Crippen molar-refractivity contribution in [1.82, 2.24) is 0 Å². The fraction of sp³-hybridized carbons (Fsp3) is 0.500. The van der Waals surface area contributed by atoms with Gasteiger partial charge in [0.25, 0.3) is 0 Å². The molecule has 0 bridgehead atoms. The van der Waals surface area contributed by atoms with E-state index in [0.717, 1.165) is 12.3 Å². The Hall–Kier alpha value is -0.820. The van der Waals surface area contributed by atoms with Crippen molar-refractivity contribution in [2.24, 2.45) is 11.7 Å². The Morgan fingerprint density at radius 1 is 1.31 bits per heavy atom. The molecule has 2 rings (SSSR count). The van der Waals surface area contributed by atoms with E-state index in [1.807, 2.05) is 0 Å². The van der Waals surface area contributed by atoms with E-state index in [-0.39, 0.29) is 0 Å². The first-order valence-electron chi connectivity index (χ1n) is 5.08. The van der Waals surface area contributed by atoms with E-state index in [1.54, 1.807) is 0 Å². The van der Waals surface area contributed by atoms with Gasteiger partial charge in [0.1, 0.15) is 0 Å². The lowest BCUT2D eigenvalue weighted by Gasteiger charge is -2.11. The maximum atomic E-state index is 5.81. The lowest BCUT2D eigenvalue weighted by molar-refractivity contribution is 0.467. The minimum absolute atomic E-state index is 0.347. The van der Waals surface area contributed by atoms with Crippen molar-refractivity contribution in [3.8, 4) is 0 Å². The Kier molecular flexibility index (Phi) is 2.36. The molecule has 0 saturated heterocycles. The first kappa shape index (κ1) is 8.76. The molecular weight excluding hydrogens is 158 g/mol. The van der Waals surface area contributed by atoms with Crippen LogP contribution in [0.4, 0.5) is 0 Å². The predicted molar refractivity (Wildman–Crippen MR) is 55.6 cm³/mol. The molecular formula is C12H17N. The quantitative estimate of drug-likeness (QED) is 0.732. The molecule has 1 aromatic rings. The van der Waals surface area contributed by atoms with Gasteiger partial charge in [0.2, 0.25) is 0 Å². The largest absolute Gasteiger partial charge is 0.328 e. The van der Waals surface area contributed by atoms with E-state index in [9.17, 15) is 0 Å². The second-order valence-electron chi connectivity index (χ2n) is 4.26. The number of nitrogens with two attached hydrogens (primary N) is 1. The van der Waals surface area contributed by atoms with Gasteiger partial charge >= 0.3 is 0 Å². The van der Waals surface area contributed by atoms with Crippen molar-refractivity contribution in [3.05, 3.63) is 35.4 Å². The maximum absolute atomic E-state index is 5.81. The minimum atomic E-state index is 0.347. The SMILES string of the molecule is C[C@H](N)CC1Cc2ccccc2C1. The van der Waals surface area contributed by atoms with Crippen LogP contribution in [0.5, 0.6) is 0 Å². The highest BCUT2D eigenvalue weighted by Gasteiger charge is 2.21. The summed E-state index contributed by atoms with van der Waals surface area (Å²) in [5.41, 5.74) is 8.88. The summed E-state index contributed by atoms with van der Waals surface area (Å²) in [7, 11) is 0. The molecule has 1 atom stereocenters. The van der Waals surface area contributed by atoms with E-state index >= 15 is 0 Å². The molecule has 0 aromatic heterocycles. The predicted octanol–water partition coefficient (Wildman–Crippen LogP) is 2.14. The molecule has 70 valence electrons. The van der Waals surface area contributed by atoms with Crippen molar-refractivity contribution in [3.63, 3.8) is 0 Å². The fourth-order valence-electron chi connectivity index (χ4n) is 2.34. The second-order valence-corrected chi connectivity index (χ2v) is 4.26. The second kappa shape index (κ2) is 3.51. The van der Waals surface area contributed by atoms with E-state index in [4.69, 9.17) is 5.73 Å². The van der Waals surface area contributed by atoms with Gasteiger partial charge in [-0.2, -0.15) is 0 Å². The zero-order chi connectivity index (χ0) is 9.26. The van der Waals surface area contributed by atoms with Crippen LogP contribution in [0, 0.1) is 5.92 Å². The molecule has 1 nitrogen and oxygen atoms in total. The molecule has 13 heavy (non-hydrogen) atoms. The van der Waals surface area contributed by atoms with E-state index in [1.165, 1.54) is 24.0 Å². The van der Waals surface area contributed by atoms with Crippen molar-refractivity contribution in [1.29, 1.82) is 0 Å². The summed E-state index contributed by atoms with van der Waals surface area (Å²) in [6.45, 7) is 2.10. The minimum Gasteiger partial charge on any atom is -0.328 e. The number of hydrogen-bond acceptors (Lipinski definition) is 1. The first-order valence-corrected chi connectivity index (χ1v) is 5.08. The van der Waals surface area contributed by atoms with E-state index < -0.39 is 0 Å². The summed E-state index contributed by atoms with van der Waals surface area (Å²) in [6, 6.07) is 9.10. The molecule has 1 aromatic carbocycles. The Morgan fingerprint density at radius 2 is 1.85 bits per heavy atom. The van der Waals surface area contributed by atoms with Gasteiger partial charge in [-0.25, -0.2) is 0 Å². The molecule has 1 aliphatic rings. The number of rotatable bonds is 2. The lowest BCUT2D eigenvalue weighted by atomic mass is 9.98. The summed E-state index contributed by atoms with van der Waals surface area (Å²) in [5, 5.41) is 0. The summed E-state index contributed by atoms with van der Waals surface area (Å²) < 4.78 is 0. The fourth-order valence-corrected chi connectivity index (χ4v) is 2.34. The molecule has 0 fully saturated rings. The van der Waals surface area contributed by atoms with Crippen molar-refractivity contribution >= 4 is 0 Å². The standard InChI is InChI=1S/C12H17N/c1-9(13)6-10-7-11-4-2-3-5-12(11)8-10/h2-5,9-10H,6-8,13H2,1H3/t9-/m0/s1. The average Bonchev–Trinajstić information content (AvgIpc) is 2.44. The van der Waals surface area contributed by atoms with Gasteiger partial charge in [0.15, 0.2) is 0 Å². The smallest absolute Gasteiger partial charge is 0.00133 e. The average molecular weight is 175 g/mol. The molecule has 0 radical (unpaired) electrons. The Labute approximate surface area is 80.0 Å². The molecule has 1 heteroatoms. The Bertz CT molecular complexity index is 266. The van der Waals surface area contributed by atoms with Gasteiger partial charge in [-0.1, -0.05) is 24.3 Å². The first-order chi connectivity index (χ1) is 6.25. The van der Waals surface area contributed by atoms with Gasteiger partial charge in [-0.3, -0.25) is 0 Å². The van der Waals surface area contributed by atoms with E-state index in [0.29, 0.717) is 6.04 Å². The van der Waals surface area contributed by atoms with Crippen LogP contribution in [0.15, 0.2) is 24.3 Å². The van der Waals surface area contributed by atoms with Crippen LogP contribution in [0.3, 0.4) is 0 Å². The number of hydrogen-bond donors (Lipinski definition) is 1. The molecule has 0 heterocycles. The number of fused-ring (bicyclic) bond motifs is 1. The Morgan fingerprint density at radius 3 is 2.31 bits per heavy atom. The van der Waals surface area contributed by atoms with Gasteiger partial charge < -0.3 is 5.73 Å². The van der Waals surface area contributed by atoms with Crippen LogP contribution in [-0.4, -0.2) is 6.04 Å². The van der Waals surface area contributed by atoms with Gasteiger partial charge in [-0.05, 0) is 43.2 Å². The van der Waals surface area contributed by atoms with Crippen molar-refractivity contribution < 1.29 is 0 Å². The topological polar surface area (TPSA) is 26.0 Å². The molecule has 0 saturated carbocycles. The van der Waals surface area contributed by atoms with Gasteiger partial charge in [-0.15, -0.1) is 0 Å². The zero-order valence-corrected chi connectivity index (χ0v) is 8.16. The van der Waals surface area contributed by atoms with Gasteiger partial charge in [0, 0.05) is 6.04 Å². The van der Waals surface area contributed by atoms with Crippen molar-refractivity contribution in [2.75, 3.05) is 0 Å².